The molecule has 1 atom stereocenters. The fraction of sp³-hybridized carbons (Fsp3) is 0.524. The summed E-state index contributed by atoms with van der Waals surface area (Å²) in [6.07, 6.45) is 4.94. The van der Waals surface area contributed by atoms with Crippen molar-refractivity contribution in [3.8, 4) is 0 Å². The molecule has 0 bridgehead atoms. The van der Waals surface area contributed by atoms with Crippen LogP contribution in [0.5, 0.6) is 0 Å². The summed E-state index contributed by atoms with van der Waals surface area (Å²) in [5.41, 5.74) is 0.998. The van der Waals surface area contributed by atoms with Gasteiger partial charge in [-0.1, -0.05) is 23.8 Å². The molecule has 7 nitrogen and oxygen atoms in total. The summed E-state index contributed by atoms with van der Waals surface area (Å²) in [4.78, 5) is 25.3. The number of amides is 2. The predicted molar refractivity (Wildman–Crippen MR) is 121 cm³/mol. The van der Waals surface area contributed by atoms with Gasteiger partial charge in [0.15, 0.2) is 0 Å². The SMILES string of the molecule is C=CCNC(=O)C(CCSC)NC(=O)C1CCN(S(=O)(=O)c2ccc(C)cc2)CC1. The van der Waals surface area contributed by atoms with Crippen LogP contribution in [0.25, 0.3) is 0 Å². The second kappa shape index (κ2) is 11.5. The second-order valence-corrected chi connectivity index (χ2v) is 10.3. The predicted octanol–water partition coefficient (Wildman–Crippen LogP) is 1.94. The molecule has 0 radical (unpaired) electrons. The maximum Gasteiger partial charge on any atom is 0.243 e. The Labute approximate surface area is 183 Å². The molecule has 1 saturated heterocycles. The van der Waals surface area contributed by atoms with Crippen molar-refractivity contribution in [3.05, 3.63) is 42.5 Å². The summed E-state index contributed by atoms with van der Waals surface area (Å²) in [6.45, 7) is 6.40. The van der Waals surface area contributed by atoms with Crippen molar-refractivity contribution in [2.45, 2.75) is 37.1 Å². The lowest BCUT2D eigenvalue weighted by atomic mass is 9.96. The molecule has 1 aromatic carbocycles. The van der Waals surface area contributed by atoms with Crippen LogP contribution in [0.4, 0.5) is 0 Å². The van der Waals surface area contributed by atoms with E-state index in [4.69, 9.17) is 0 Å². The molecular weight excluding hydrogens is 422 g/mol. The number of sulfonamides is 1. The Bertz CT molecular complexity index is 832. The van der Waals surface area contributed by atoms with Gasteiger partial charge in [-0.3, -0.25) is 9.59 Å². The van der Waals surface area contributed by atoms with Gasteiger partial charge in [0.05, 0.1) is 4.90 Å². The number of nitrogens with zero attached hydrogens (tertiary/aromatic N) is 1. The summed E-state index contributed by atoms with van der Waals surface area (Å²) in [5, 5.41) is 5.59. The van der Waals surface area contributed by atoms with Crippen molar-refractivity contribution in [2.24, 2.45) is 5.92 Å². The average molecular weight is 454 g/mol. The zero-order valence-electron chi connectivity index (χ0n) is 17.6. The molecule has 0 spiro atoms. The number of benzene rings is 1. The number of rotatable bonds is 10. The molecular formula is C21H31N3O4S2. The molecule has 166 valence electrons. The lowest BCUT2D eigenvalue weighted by Crippen LogP contribution is -2.50. The van der Waals surface area contributed by atoms with E-state index in [1.54, 1.807) is 42.1 Å². The van der Waals surface area contributed by atoms with Gasteiger partial charge in [-0.05, 0) is 50.3 Å². The van der Waals surface area contributed by atoms with Crippen LogP contribution in [0, 0.1) is 12.8 Å². The largest absolute Gasteiger partial charge is 0.351 e. The van der Waals surface area contributed by atoms with Gasteiger partial charge in [0, 0.05) is 25.6 Å². The molecule has 30 heavy (non-hydrogen) atoms. The Kier molecular flexibility index (Phi) is 9.38. The Balaban J connectivity index is 1.95. The van der Waals surface area contributed by atoms with Crippen molar-refractivity contribution < 1.29 is 18.0 Å². The van der Waals surface area contributed by atoms with E-state index >= 15 is 0 Å². The third kappa shape index (κ3) is 6.58. The normalized spacial score (nSPS) is 16.6. The summed E-state index contributed by atoms with van der Waals surface area (Å²) >= 11 is 1.61. The Morgan fingerprint density at radius 1 is 1.27 bits per heavy atom. The minimum Gasteiger partial charge on any atom is -0.351 e. The van der Waals surface area contributed by atoms with Gasteiger partial charge in [-0.2, -0.15) is 16.1 Å². The minimum absolute atomic E-state index is 0.192. The van der Waals surface area contributed by atoms with Crippen LogP contribution in [0.2, 0.25) is 0 Å². The van der Waals surface area contributed by atoms with E-state index < -0.39 is 16.1 Å². The molecule has 1 heterocycles. The lowest BCUT2D eigenvalue weighted by Gasteiger charge is -2.31. The Morgan fingerprint density at radius 2 is 1.90 bits per heavy atom. The number of aryl methyl sites for hydroxylation is 1. The monoisotopic (exact) mass is 453 g/mol. The van der Waals surface area contributed by atoms with Crippen molar-refractivity contribution in [2.75, 3.05) is 31.6 Å². The van der Waals surface area contributed by atoms with Crippen LogP contribution >= 0.6 is 11.8 Å². The van der Waals surface area contributed by atoms with Crippen molar-refractivity contribution >= 4 is 33.6 Å². The molecule has 2 N–H and O–H groups in total. The number of hydrogen-bond acceptors (Lipinski definition) is 5. The summed E-state index contributed by atoms with van der Waals surface area (Å²) in [6, 6.07) is 6.18. The molecule has 0 aliphatic carbocycles. The second-order valence-electron chi connectivity index (χ2n) is 7.37. The Hall–Kier alpha value is -1.84. The topological polar surface area (TPSA) is 95.6 Å². The number of carbonyl (C=O) groups is 2. The van der Waals surface area contributed by atoms with Gasteiger partial charge in [0.1, 0.15) is 6.04 Å². The molecule has 0 saturated carbocycles. The van der Waals surface area contributed by atoms with E-state index in [0.29, 0.717) is 25.8 Å². The van der Waals surface area contributed by atoms with E-state index in [1.807, 2.05) is 13.2 Å². The maximum absolute atomic E-state index is 12.8. The van der Waals surface area contributed by atoms with E-state index in [2.05, 4.69) is 17.2 Å². The third-order valence-electron chi connectivity index (χ3n) is 5.15. The minimum atomic E-state index is -3.56. The molecule has 1 fully saturated rings. The maximum atomic E-state index is 12.8. The quantitative estimate of drug-likeness (QED) is 0.528. The van der Waals surface area contributed by atoms with Gasteiger partial charge in [0.25, 0.3) is 0 Å². The van der Waals surface area contributed by atoms with Crippen LogP contribution in [-0.2, 0) is 19.6 Å². The van der Waals surface area contributed by atoms with E-state index in [0.717, 1.165) is 11.3 Å². The molecule has 9 heteroatoms. The van der Waals surface area contributed by atoms with Crippen LogP contribution in [-0.4, -0.2) is 62.2 Å². The zero-order valence-corrected chi connectivity index (χ0v) is 19.2. The smallest absolute Gasteiger partial charge is 0.243 e. The van der Waals surface area contributed by atoms with Crippen molar-refractivity contribution in [3.63, 3.8) is 0 Å². The molecule has 2 amide bonds. The Morgan fingerprint density at radius 3 is 2.47 bits per heavy atom. The first kappa shape index (κ1) is 24.4. The van der Waals surface area contributed by atoms with Gasteiger partial charge < -0.3 is 10.6 Å². The molecule has 2 rings (SSSR count). The van der Waals surface area contributed by atoms with Gasteiger partial charge in [-0.25, -0.2) is 8.42 Å². The van der Waals surface area contributed by atoms with E-state index in [9.17, 15) is 18.0 Å². The van der Waals surface area contributed by atoms with Crippen LogP contribution in [0.15, 0.2) is 41.8 Å². The fourth-order valence-corrected chi connectivity index (χ4v) is 5.25. The van der Waals surface area contributed by atoms with Gasteiger partial charge in [0.2, 0.25) is 21.8 Å². The number of hydrogen-bond donors (Lipinski definition) is 2. The summed E-state index contributed by atoms with van der Waals surface area (Å²) in [7, 11) is -3.56. The third-order valence-corrected chi connectivity index (χ3v) is 7.70. The molecule has 1 unspecified atom stereocenters. The van der Waals surface area contributed by atoms with E-state index in [1.165, 1.54) is 4.31 Å². The van der Waals surface area contributed by atoms with Crippen molar-refractivity contribution in [1.82, 2.24) is 14.9 Å². The fourth-order valence-electron chi connectivity index (χ4n) is 3.31. The lowest BCUT2D eigenvalue weighted by molar-refractivity contribution is -0.131. The highest BCUT2D eigenvalue weighted by molar-refractivity contribution is 7.98. The number of piperidine rings is 1. The highest BCUT2D eigenvalue weighted by atomic mass is 32.2. The highest BCUT2D eigenvalue weighted by Gasteiger charge is 2.33. The van der Waals surface area contributed by atoms with Crippen LogP contribution < -0.4 is 10.6 Å². The summed E-state index contributed by atoms with van der Waals surface area (Å²) in [5.74, 6) is 0.0250. The first-order chi connectivity index (χ1) is 14.3. The zero-order chi connectivity index (χ0) is 22.1. The summed E-state index contributed by atoms with van der Waals surface area (Å²) < 4.78 is 27.1. The first-order valence-electron chi connectivity index (χ1n) is 10.0. The number of nitrogens with one attached hydrogen (secondary N) is 2. The average Bonchev–Trinajstić information content (AvgIpc) is 2.75. The van der Waals surface area contributed by atoms with Crippen LogP contribution in [0.1, 0.15) is 24.8 Å². The van der Waals surface area contributed by atoms with E-state index in [-0.39, 0.29) is 35.7 Å². The molecule has 0 aromatic heterocycles. The number of carbonyl (C=O) groups excluding carboxylic acids is 2. The molecule has 1 aliphatic heterocycles. The van der Waals surface area contributed by atoms with Gasteiger partial charge in [-0.15, -0.1) is 6.58 Å². The number of thioether (sulfide) groups is 1. The molecule has 1 aromatic rings. The first-order valence-corrected chi connectivity index (χ1v) is 12.9. The van der Waals surface area contributed by atoms with Crippen molar-refractivity contribution in [1.29, 1.82) is 0 Å². The molecule has 1 aliphatic rings. The standard InChI is InChI=1S/C21H31N3O4S2/c1-4-12-22-21(26)19(11-15-29-3)23-20(25)17-9-13-24(14-10-17)30(27,28)18-7-5-16(2)6-8-18/h4-8,17,19H,1,9-15H2,2-3H3,(H,22,26)(H,23,25). The van der Waals surface area contributed by atoms with Gasteiger partial charge >= 0.3 is 0 Å². The highest BCUT2D eigenvalue weighted by Crippen LogP contribution is 2.24. The van der Waals surface area contributed by atoms with Crippen LogP contribution in [0.3, 0.4) is 0 Å².